The lowest BCUT2D eigenvalue weighted by Crippen LogP contribution is -2.31. The van der Waals surface area contributed by atoms with Gasteiger partial charge in [0.1, 0.15) is 0 Å². The lowest BCUT2D eigenvalue weighted by Gasteiger charge is -2.26. The molecule has 6 heteroatoms. The minimum absolute atomic E-state index is 0.0529. The van der Waals surface area contributed by atoms with Gasteiger partial charge in [-0.3, -0.25) is 14.9 Å². The molecule has 1 atom stereocenters. The first-order valence-corrected chi connectivity index (χ1v) is 9.98. The first-order valence-electron chi connectivity index (χ1n) is 9.98. The number of carbonyl (C=O) groups is 1. The van der Waals surface area contributed by atoms with Crippen LogP contribution < -0.4 is 0 Å². The summed E-state index contributed by atoms with van der Waals surface area (Å²) in [7, 11) is 0. The van der Waals surface area contributed by atoms with E-state index in [1.54, 1.807) is 17.3 Å². The second-order valence-corrected chi connectivity index (χ2v) is 8.84. The number of hydrogen-bond donors (Lipinski definition) is 2. The molecule has 1 unspecified atom stereocenters. The molecule has 5 rings (SSSR count). The van der Waals surface area contributed by atoms with Crippen molar-refractivity contribution in [1.82, 2.24) is 20.1 Å². The molecule has 1 aliphatic carbocycles. The van der Waals surface area contributed by atoms with Crippen molar-refractivity contribution in [2.24, 2.45) is 5.41 Å². The molecule has 0 radical (unpaired) electrons. The van der Waals surface area contributed by atoms with E-state index >= 15 is 0 Å². The molecule has 1 amide bonds. The summed E-state index contributed by atoms with van der Waals surface area (Å²) in [5.74, 6) is -0.0529. The number of benzene rings is 1. The van der Waals surface area contributed by atoms with Crippen LogP contribution in [0.3, 0.4) is 0 Å². The minimum Gasteiger partial charge on any atom is -0.394 e. The van der Waals surface area contributed by atoms with Gasteiger partial charge in [-0.15, -0.1) is 0 Å². The number of amides is 1. The van der Waals surface area contributed by atoms with Crippen LogP contribution in [0.4, 0.5) is 0 Å². The summed E-state index contributed by atoms with van der Waals surface area (Å²) in [4.78, 5) is 18.9. The normalized spacial score (nSPS) is 18.0. The first kappa shape index (κ1) is 18.1. The summed E-state index contributed by atoms with van der Waals surface area (Å²) in [6.07, 6.45) is 5.41. The largest absolute Gasteiger partial charge is 0.394 e. The third kappa shape index (κ3) is 2.95. The van der Waals surface area contributed by atoms with Crippen LogP contribution in [0.5, 0.6) is 0 Å². The van der Waals surface area contributed by atoms with E-state index in [4.69, 9.17) is 0 Å². The second-order valence-electron chi connectivity index (χ2n) is 8.84. The van der Waals surface area contributed by atoms with Crippen molar-refractivity contribution < 1.29 is 9.90 Å². The van der Waals surface area contributed by atoms with E-state index < -0.39 is 6.04 Å². The number of aromatic nitrogens is 3. The summed E-state index contributed by atoms with van der Waals surface area (Å²) in [6, 6.07) is 9.27. The molecule has 29 heavy (non-hydrogen) atoms. The maximum Gasteiger partial charge on any atom is 0.255 e. The average molecular weight is 388 g/mol. The number of carbonyl (C=O) groups excluding carboxylic acids is 1. The highest BCUT2D eigenvalue weighted by Crippen LogP contribution is 2.41. The summed E-state index contributed by atoms with van der Waals surface area (Å²) in [6.45, 7) is 4.88. The Bertz CT molecular complexity index is 1090. The molecule has 0 saturated carbocycles. The summed E-state index contributed by atoms with van der Waals surface area (Å²) in [5, 5.41) is 17.7. The summed E-state index contributed by atoms with van der Waals surface area (Å²) >= 11 is 0. The Labute approximate surface area is 169 Å². The van der Waals surface area contributed by atoms with Crippen LogP contribution >= 0.6 is 0 Å². The SMILES string of the molecule is CC1(C)Cc2[nH]nc(-c3ccc4c(c3)CN(C(CO)c3cccnc3)C4=O)c2C1. The third-order valence-corrected chi connectivity index (χ3v) is 6.09. The molecule has 2 aromatic heterocycles. The molecule has 3 aromatic rings. The standard InChI is InChI=1S/C23H24N4O2/c1-23(2)9-18-19(10-23)25-26-21(18)14-5-6-17-16(8-14)12-27(22(17)29)20(13-28)15-4-3-7-24-11-15/h3-8,11,20,28H,9-10,12-13H2,1-2H3,(H,25,26). The monoisotopic (exact) mass is 388 g/mol. The Morgan fingerprint density at radius 1 is 1.28 bits per heavy atom. The van der Waals surface area contributed by atoms with Crippen LogP contribution in [-0.4, -0.2) is 37.7 Å². The number of pyridine rings is 1. The van der Waals surface area contributed by atoms with Crippen LogP contribution in [-0.2, 0) is 19.4 Å². The van der Waals surface area contributed by atoms with Gasteiger partial charge in [-0.2, -0.15) is 5.10 Å². The van der Waals surface area contributed by atoms with Crippen molar-refractivity contribution in [2.75, 3.05) is 6.61 Å². The summed E-state index contributed by atoms with van der Waals surface area (Å²) in [5.41, 5.74) is 7.30. The maximum atomic E-state index is 13.0. The summed E-state index contributed by atoms with van der Waals surface area (Å²) < 4.78 is 0. The van der Waals surface area contributed by atoms with E-state index in [1.807, 2.05) is 24.3 Å². The van der Waals surface area contributed by atoms with Crippen molar-refractivity contribution >= 4 is 5.91 Å². The van der Waals surface area contributed by atoms with Gasteiger partial charge in [0.15, 0.2) is 0 Å². The Hall–Kier alpha value is -2.99. The van der Waals surface area contributed by atoms with Gasteiger partial charge in [0, 0.05) is 41.3 Å². The first-order chi connectivity index (χ1) is 14.0. The van der Waals surface area contributed by atoms with Crippen molar-refractivity contribution in [2.45, 2.75) is 39.3 Å². The molecule has 0 spiro atoms. The van der Waals surface area contributed by atoms with Crippen molar-refractivity contribution in [3.63, 3.8) is 0 Å². The number of aromatic amines is 1. The molecule has 2 aliphatic rings. The van der Waals surface area contributed by atoms with Gasteiger partial charge in [-0.25, -0.2) is 0 Å². The van der Waals surface area contributed by atoms with Crippen molar-refractivity contribution in [3.05, 3.63) is 70.7 Å². The van der Waals surface area contributed by atoms with Gasteiger partial charge in [0.05, 0.1) is 18.3 Å². The third-order valence-electron chi connectivity index (χ3n) is 6.09. The van der Waals surface area contributed by atoms with Gasteiger partial charge in [-0.1, -0.05) is 26.0 Å². The molecule has 1 aliphatic heterocycles. The Balaban J connectivity index is 1.47. The fourth-order valence-corrected chi connectivity index (χ4v) is 4.70. The molecule has 1 aromatic carbocycles. The number of aliphatic hydroxyl groups is 1. The Kier molecular flexibility index (Phi) is 4.06. The number of rotatable bonds is 4. The van der Waals surface area contributed by atoms with Crippen LogP contribution in [0.1, 0.15) is 52.6 Å². The maximum absolute atomic E-state index is 13.0. The number of nitrogens with one attached hydrogen (secondary N) is 1. The molecule has 0 fully saturated rings. The number of nitrogens with zero attached hydrogens (tertiary/aromatic N) is 3. The minimum atomic E-state index is -0.400. The van der Waals surface area contributed by atoms with Crippen molar-refractivity contribution in [1.29, 1.82) is 0 Å². The zero-order valence-corrected chi connectivity index (χ0v) is 16.6. The Morgan fingerprint density at radius 2 is 2.14 bits per heavy atom. The van der Waals surface area contributed by atoms with E-state index in [-0.39, 0.29) is 17.9 Å². The van der Waals surface area contributed by atoms with Crippen LogP contribution in [0.25, 0.3) is 11.3 Å². The molecule has 2 N–H and O–H groups in total. The highest BCUT2D eigenvalue weighted by Gasteiger charge is 2.35. The fourth-order valence-electron chi connectivity index (χ4n) is 4.70. The highest BCUT2D eigenvalue weighted by molar-refractivity contribution is 5.99. The number of fused-ring (bicyclic) bond motifs is 2. The zero-order valence-electron chi connectivity index (χ0n) is 16.6. The topological polar surface area (TPSA) is 82.1 Å². The van der Waals surface area contributed by atoms with Crippen LogP contribution in [0.2, 0.25) is 0 Å². The van der Waals surface area contributed by atoms with Crippen LogP contribution in [0.15, 0.2) is 42.7 Å². The molecular formula is C23H24N4O2. The highest BCUT2D eigenvalue weighted by atomic mass is 16.3. The second kappa shape index (κ2) is 6.52. The molecular weight excluding hydrogens is 364 g/mol. The van der Waals surface area contributed by atoms with E-state index in [0.717, 1.165) is 35.2 Å². The number of aliphatic hydroxyl groups excluding tert-OH is 1. The van der Waals surface area contributed by atoms with Gasteiger partial charge in [0.25, 0.3) is 5.91 Å². The Morgan fingerprint density at radius 3 is 2.90 bits per heavy atom. The van der Waals surface area contributed by atoms with E-state index in [1.165, 1.54) is 11.3 Å². The molecule has 6 nitrogen and oxygen atoms in total. The molecule has 148 valence electrons. The zero-order chi connectivity index (χ0) is 20.2. The number of hydrogen-bond acceptors (Lipinski definition) is 4. The van der Waals surface area contributed by atoms with E-state index in [2.05, 4.69) is 35.1 Å². The predicted octanol–water partition coefficient (Wildman–Crippen LogP) is 3.29. The average Bonchev–Trinajstić information content (AvgIpc) is 3.33. The van der Waals surface area contributed by atoms with Gasteiger partial charge in [0.2, 0.25) is 0 Å². The lowest BCUT2D eigenvalue weighted by molar-refractivity contribution is 0.0615. The number of H-pyrrole nitrogens is 1. The smallest absolute Gasteiger partial charge is 0.255 e. The molecule has 0 saturated heterocycles. The van der Waals surface area contributed by atoms with E-state index in [0.29, 0.717) is 12.1 Å². The fraction of sp³-hybridized carbons (Fsp3) is 0.348. The lowest BCUT2D eigenvalue weighted by atomic mass is 9.90. The predicted molar refractivity (Wildman–Crippen MR) is 109 cm³/mol. The molecule has 0 bridgehead atoms. The van der Waals surface area contributed by atoms with E-state index in [9.17, 15) is 9.90 Å². The molecule has 3 heterocycles. The van der Waals surface area contributed by atoms with Crippen LogP contribution in [0, 0.1) is 5.41 Å². The van der Waals surface area contributed by atoms with Gasteiger partial charge >= 0.3 is 0 Å². The van der Waals surface area contributed by atoms with Crippen molar-refractivity contribution in [3.8, 4) is 11.3 Å². The van der Waals surface area contributed by atoms with Gasteiger partial charge < -0.3 is 10.0 Å². The van der Waals surface area contributed by atoms with Gasteiger partial charge in [-0.05, 0) is 47.6 Å². The quantitative estimate of drug-likeness (QED) is 0.719.